The first-order valence-electron chi connectivity index (χ1n) is 6.26. The summed E-state index contributed by atoms with van der Waals surface area (Å²) in [6.07, 6.45) is 4.22. The minimum atomic E-state index is 0.351. The fourth-order valence-corrected chi connectivity index (χ4v) is 2.29. The number of nitrogens with zero attached hydrogens (tertiary/aromatic N) is 2. The van der Waals surface area contributed by atoms with Gasteiger partial charge >= 0.3 is 0 Å². The van der Waals surface area contributed by atoms with Gasteiger partial charge in [0.2, 0.25) is 5.88 Å². The maximum Gasteiger partial charge on any atom is 0.214 e. The van der Waals surface area contributed by atoms with Gasteiger partial charge in [0.15, 0.2) is 0 Å². The molecule has 0 saturated carbocycles. The zero-order valence-electron chi connectivity index (χ0n) is 10.6. The highest BCUT2D eigenvalue weighted by atomic mass is 35.5. The number of rotatable bonds is 5. The maximum absolute atomic E-state index is 5.67. The van der Waals surface area contributed by atoms with Crippen LogP contribution in [0.3, 0.4) is 0 Å². The van der Waals surface area contributed by atoms with Crippen LogP contribution in [0.1, 0.15) is 12.8 Å². The van der Waals surface area contributed by atoms with Crippen molar-refractivity contribution in [3.05, 3.63) is 18.3 Å². The van der Waals surface area contributed by atoms with E-state index < -0.39 is 0 Å². The second kappa shape index (κ2) is 6.81. The Morgan fingerprint density at radius 2 is 2.22 bits per heavy atom. The third kappa shape index (κ3) is 3.50. The van der Waals surface area contributed by atoms with Gasteiger partial charge in [-0.25, -0.2) is 4.98 Å². The van der Waals surface area contributed by atoms with Crippen LogP contribution >= 0.6 is 11.6 Å². The Hall–Kier alpha value is -1.00. The minimum absolute atomic E-state index is 0.351. The summed E-state index contributed by atoms with van der Waals surface area (Å²) in [7, 11) is 1.64. The molecule has 100 valence electrons. The van der Waals surface area contributed by atoms with Gasteiger partial charge in [-0.2, -0.15) is 0 Å². The SMILES string of the molecule is COc1cc(N2CCC(OCCCl)CC2)ccn1. The Labute approximate surface area is 113 Å². The van der Waals surface area contributed by atoms with Crippen molar-refractivity contribution in [2.24, 2.45) is 0 Å². The lowest BCUT2D eigenvalue weighted by molar-refractivity contribution is 0.0472. The molecule has 0 N–H and O–H groups in total. The van der Waals surface area contributed by atoms with Crippen LogP contribution in [0.25, 0.3) is 0 Å². The summed E-state index contributed by atoms with van der Waals surface area (Å²) >= 11 is 5.62. The molecule has 4 nitrogen and oxygen atoms in total. The van der Waals surface area contributed by atoms with E-state index in [4.69, 9.17) is 21.1 Å². The number of hydrogen-bond acceptors (Lipinski definition) is 4. The summed E-state index contributed by atoms with van der Waals surface area (Å²) in [4.78, 5) is 6.46. The second-order valence-corrected chi connectivity index (χ2v) is 4.68. The first-order valence-corrected chi connectivity index (χ1v) is 6.79. The molecule has 0 unspecified atom stereocenters. The van der Waals surface area contributed by atoms with E-state index in [0.717, 1.165) is 31.6 Å². The van der Waals surface area contributed by atoms with E-state index in [9.17, 15) is 0 Å². The number of anilines is 1. The molecule has 1 aromatic rings. The lowest BCUT2D eigenvalue weighted by atomic mass is 10.1. The lowest BCUT2D eigenvalue weighted by Gasteiger charge is -2.33. The molecule has 0 aromatic carbocycles. The van der Waals surface area contributed by atoms with E-state index in [1.807, 2.05) is 12.1 Å². The molecule has 1 fully saturated rings. The van der Waals surface area contributed by atoms with Gasteiger partial charge in [0.25, 0.3) is 0 Å². The van der Waals surface area contributed by atoms with Crippen LogP contribution in [-0.2, 0) is 4.74 Å². The molecule has 1 aliphatic heterocycles. The Morgan fingerprint density at radius 1 is 1.44 bits per heavy atom. The van der Waals surface area contributed by atoms with Gasteiger partial charge in [-0.05, 0) is 18.9 Å². The Balaban J connectivity index is 1.88. The number of piperidine rings is 1. The number of methoxy groups -OCH3 is 1. The predicted molar refractivity (Wildman–Crippen MR) is 72.7 cm³/mol. The van der Waals surface area contributed by atoms with Crippen LogP contribution in [0.5, 0.6) is 5.88 Å². The van der Waals surface area contributed by atoms with E-state index in [1.54, 1.807) is 13.3 Å². The summed E-state index contributed by atoms with van der Waals surface area (Å²) in [6, 6.07) is 3.99. The van der Waals surface area contributed by atoms with Crippen molar-refractivity contribution >= 4 is 17.3 Å². The Morgan fingerprint density at radius 3 is 2.89 bits per heavy atom. The molecule has 2 heterocycles. The quantitative estimate of drug-likeness (QED) is 0.769. The molecule has 1 saturated heterocycles. The number of alkyl halides is 1. The van der Waals surface area contributed by atoms with Gasteiger partial charge in [-0.15, -0.1) is 11.6 Å². The summed E-state index contributed by atoms with van der Waals surface area (Å²) in [5.74, 6) is 1.23. The van der Waals surface area contributed by atoms with Crippen molar-refractivity contribution in [3.63, 3.8) is 0 Å². The number of ether oxygens (including phenoxy) is 2. The zero-order valence-corrected chi connectivity index (χ0v) is 11.4. The van der Waals surface area contributed by atoms with E-state index >= 15 is 0 Å². The van der Waals surface area contributed by atoms with Crippen molar-refractivity contribution in [1.82, 2.24) is 4.98 Å². The molecule has 0 bridgehead atoms. The van der Waals surface area contributed by atoms with Crippen LogP contribution in [-0.4, -0.2) is 43.8 Å². The molecular weight excluding hydrogens is 252 g/mol. The fourth-order valence-electron chi connectivity index (χ4n) is 2.20. The summed E-state index contributed by atoms with van der Waals surface area (Å²) in [6.45, 7) is 2.65. The Bertz CT molecular complexity index is 368. The molecule has 1 aliphatic rings. The van der Waals surface area contributed by atoms with Gasteiger partial charge < -0.3 is 14.4 Å². The highest BCUT2D eigenvalue weighted by molar-refractivity contribution is 6.17. The minimum Gasteiger partial charge on any atom is -0.481 e. The van der Waals surface area contributed by atoms with Crippen molar-refractivity contribution in [2.45, 2.75) is 18.9 Å². The molecule has 0 atom stereocenters. The lowest BCUT2D eigenvalue weighted by Crippen LogP contribution is -2.37. The molecule has 5 heteroatoms. The largest absolute Gasteiger partial charge is 0.481 e. The van der Waals surface area contributed by atoms with Gasteiger partial charge in [-0.3, -0.25) is 0 Å². The summed E-state index contributed by atoms with van der Waals surface area (Å²) in [5, 5.41) is 0. The van der Waals surface area contributed by atoms with E-state index in [1.165, 1.54) is 0 Å². The average molecular weight is 271 g/mol. The third-order valence-corrected chi connectivity index (χ3v) is 3.32. The molecule has 0 spiro atoms. The molecule has 2 rings (SSSR count). The van der Waals surface area contributed by atoms with Crippen molar-refractivity contribution in [1.29, 1.82) is 0 Å². The van der Waals surface area contributed by atoms with Crippen LogP contribution in [0.4, 0.5) is 5.69 Å². The van der Waals surface area contributed by atoms with E-state index in [-0.39, 0.29) is 0 Å². The molecule has 0 amide bonds. The fraction of sp³-hybridized carbons (Fsp3) is 0.615. The van der Waals surface area contributed by atoms with Crippen LogP contribution < -0.4 is 9.64 Å². The maximum atomic E-state index is 5.67. The smallest absolute Gasteiger partial charge is 0.214 e. The topological polar surface area (TPSA) is 34.6 Å². The number of aromatic nitrogens is 1. The highest BCUT2D eigenvalue weighted by Gasteiger charge is 2.20. The Kier molecular flexibility index (Phi) is 5.08. The second-order valence-electron chi connectivity index (χ2n) is 4.30. The highest BCUT2D eigenvalue weighted by Crippen LogP contribution is 2.23. The first-order chi connectivity index (χ1) is 8.83. The van der Waals surface area contributed by atoms with Gasteiger partial charge in [0, 0.05) is 36.9 Å². The molecule has 0 aliphatic carbocycles. The predicted octanol–water partition coefficient (Wildman–Crippen LogP) is 2.31. The summed E-state index contributed by atoms with van der Waals surface area (Å²) < 4.78 is 10.8. The van der Waals surface area contributed by atoms with Crippen LogP contribution in [0.2, 0.25) is 0 Å². The van der Waals surface area contributed by atoms with E-state index in [0.29, 0.717) is 24.5 Å². The number of hydrogen-bond donors (Lipinski definition) is 0. The molecule has 1 aromatic heterocycles. The van der Waals surface area contributed by atoms with Crippen molar-refractivity contribution < 1.29 is 9.47 Å². The van der Waals surface area contributed by atoms with Crippen LogP contribution in [0.15, 0.2) is 18.3 Å². The summed E-state index contributed by atoms with van der Waals surface area (Å²) in [5.41, 5.74) is 1.16. The molecular formula is C13H19ClN2O2. The van der Waals surface area contributed by atoms with Gasteiger partial charge in [0.1, 0.15) is 0 Å². The normalized spacial score (nSPS) is 16.9. The molecule has 0 radical (unpaired) electrons. The van der Waals surface area contributed by atoms with Crippen molar-refractivity contribution in [2.75, 3.05) is 37.6 Å². The monoisotopic (exact) mass is 270 g/mol. The molecule has 18 heavy (non-hydrogen) atoms. The zero-order chi connectivity index (χ0) is 12.8. The van der Waals surface area contributed by atoms with E-state index in [2.05, 4.69) is 9.88 Å². The third-order valence-electron chi connectivity index (χ3n) is 3.17. The number of pyridine rings is 1. The van der Waals surface area contributed by atoms with Gasteiger partial charge in [0.05, 0.1) is 19.8 Å². The van der Waals surface area contributed by atoms with Crippen LogP contribution in [0, 0.1) is 0 Å². The number of halogens is 1. The van der Waals surface area contributed by atoms with Gasteiger partial charge in [-0.1, -0.05) is 0 Å². The van der Waals surface area contributed by atoms with Crippen molar-refractivity contribution in [3.8, 4) is 5.88 Å². The average Bonchev–Trinajstić information content (AvgIpc) is 2.46. The first kappa shape index (κ1) is 13.4. The standard InChI is InChI=1S/C13H19ClN2O2/c1-17-13-10-11(2-6-15-13)16-7-3-12(4-8-16)18-9-5-14/h2,6,10,12H,3-5,7-9H2,1H3.